The summed E-state index contributed by atoms with van der Waals surface area (Å²) in [5.41, 5.74) is -2.14. The first-order chi connectivity index (χ1) is 16.6. The van der Waals surface area contributed by atoms with Gasteiger partial charge in [0.1, 0.15) is 5.82 Å². The smallest absolute Gasteiger partial charge is 0.362 e. The van der Waals surface area contributed by atoms with E-state index in [4.69, 9.17) is 0 Å². The Morgan fingerprint density at radius 1 is 1.00 bits per heavy atom. The van der Waals surface area contributed by atoms with Gasteiger partial charge in [-0.25, -0.2) is 4.98 Å². The van der Waals surface area contributed by atoms with E-state index in [9.17, 15) is 31.1 Å². The molecule has 36 heavy (non-hydrogen) atoms. The van der Waals surface area contributed by atoms with Gasteiger partial charge in [-0.15, -0.1) is 0 Å². The van der Waals surface area contributed by atoms with Gasteiger partial charge in [-0.2, -0.15) is 31.3 Å². The van der Waals surface area contributed by atoms with Crippen molar-refractivity contribution >= 4 is 17.7 Å². The zero-order valence-electron chi connectivity index (χ0n) is 20.4. The Kier molecular flexibility index (Phi) is 8.04. The molecule has 12 heteroatoms. The Morgan fingerprint density at radius 3 is 2.06 bits per heavy atom. The number of benzene rings is 1. The van der Waals surface area contributed by atoms with E-state index in [1.807, 2.05) is 25.9 Å². The molecular formula is C24H29F6N5O. The lowest BCUT2D eigenvalue weighted by Crippen LogP contribution is -2.37. The van der Waals surface area contributed by atoms with Gasteiger partial charge in [0, 0.05) is 37.8 Å². The van der Waals surface area contributed by atoms with Crippen LogP contribution in [0.1, 0.15) is 60.9 Å². The highest BCUT2D eigenvalue weighted by atomic mass is 19.4. The van der Waals surface area contributed by atoms with Gasteiger partial charge in [-0.1, -0.05) is 0 Å². The average Bonchev–Trinajstić information content (AvgIpc) is 2.79. The quantitative estimate of drug-likeness (QED) is 0.479. The molecule has 1 aromatic carbocycles. The number of carbonyl (C=O) groups is 1. The van der Waals surface area contributed by atoms with E-state index in [-0.39, 0.29) is 17.7 Å². The van der Waals surface area contributed by atoms with Crippen molar-refractivity contribution in [2.24, 2.45) is 5.92 Å². The van der Waals surface area contributed by atoms with Crippen LogP contribution in [0.25, 0.3) is 0 Å². The Hall–Kier alpha value is -3.05. The number of rotatable bonds is 6. The lowest BCUT2D eigenvalue weighted by atomic mass is 9.85. The summed E-state index contributed by atoms with van der Waals surface area (Å²) in [5.74, 6) is 0.483. The van der Waals surface area contributed by atoms with E-state index in [1.54, 1.807) is 6.20 Å². The first-order valence-corrected chi connectivity index (χ1v) is 11.5. The molecule has 1 aromatic heterocycles. The second kappa shape index (κ2) is 10.5. The van der Waals surface area contributed by atoms with E-state index in [0.29, 0.717) is 43.8 Å². The molecule has 1 atom stereocenters. The number of hydrogen-bond donors (Lipinski definition) is 2. The van der Waals surface area contributed by atoms with Crippen LogP contribution in [0.15, 0.2) is 24.4 Å². The van der Waals surface area contributed by atoms with Gasteiger partial charge in [-0.3, -0.25) is 4.79 Å². The summed E-state index contributed by atoms with van der Waals surface area (Å²) in [6.07, 6.45) is -5.86. The molecule has 2 N–H and O–H groups in total. The number of carbonyl (C=O) groups excluding carboxylic acids is 1. The third kappa shape index (κ3) is 6.79. The fourth-order valence-electron chi connectivity index (χ4n) is 4.28. The predicted octanol–water partition coefficient (Wildman–Crippen LogP) is 5.74. The molecule has 6 nitrogen and oxygen atoms in total. The number of aryl methyl sites for hydroxylation is 1. The van der Waals surface area contributed by atoms with E-state index in [2.05, 4.69) is 20.6 Å². The molecule has 1 heterocycles. The minimum Gasteiger partial charge on any atom is -0.362 e. The van der Waals surface area contributed by atoms with Gasteiger partial charge < -0.3 is 15.5 Å². The second-order valence-corrected chi connectivity index (χ2v) is 9.36. The number of amides is 1. The number of alkyl halides is 6. The minimum atomic E-state index is -4.94. The summed E-state index contributed by atoms with van der Waals surface area (Å²) < 4.78 is 78.9. The molecular weight excluding hydrogens is 488 g/mol. The molecule has 0 radical (unpaired) electrons. The normalized spacial score (nSPS) is 19.5. The molecule has 0 spiro atoms. The fraction of sp³-hybridized carbons (Fsp3) is 0.542. The maximum absolute atomic E-state index is 13.2. The lowest BCUT2D eigenvalue weighted by Gasteiger charge is -2.29. The predicted molar refractivity (Wildman–Crippen MR) is 123 cm³/mol. The molecule has 1 aliphatic rings. The van der Waals surface area contributed by atoms with Crippen molar-refractivity contribution in [1.82, 2.24) is 15.3 Å². The summed E-state index contributed by atoms with van der Waals surface area (Å²) in [4.78, 5) is 23.5. The number of hydrogen-bond acceptors (Lipinski definition) is 5. The molecule has 0 bridgehead atoms. The number of halogens is 6. The summed E-state index contributed by atoms with van der Waals surface area (Å²) >= 11 is 0. The van der Waals surface area contributed by atoms with Crippen LogP contribution < -0.4 is 15.5 Å². The number of nitrogens with zero attached hydrogens (tertiary/aromatic N) is 3. The third-order valence-corrected chi connectivity index (χ3v) is 6.27. The molecule has 198 valence electrons. The van der Waals surface area contributed by atoms with Crippen LogP contribution in [0.3, 0.4) is 0 Å². The first kappa shape index (κ1) is 27.5. The maximum atomic E-state index is 13.2. The molecule has 0 unspecified atom stereocenters. The van der Waals surface area contributed by atoms with Gasteiger partial charge in [0.25, 0.3) is 0 Å². The van der Waals surface area contributed by atoms with Crippen molar-refractivity contribution in [2.45, 2.75) is 64.0 Å². The monoisotopic (exact) mass is 517 g/mol. The zero-order valence-corrected chi connectivity index (χ0v) is 20.4. The van der Waals surface area contributed by atoms with E-state index < -0.39 is 41.3 Å². The highest BCUT2D eigenvalue weighted by molar-refractivity contribution is 5.79. The first-order valence-electron chi connectivity index (χ1n) is 11.5. The molecule has 1 saturated carbocycles. The molecule has 1 fully saturated rings. The van der Waals surface area contributed by atoms with Crippen molar-refractivity contribution in [3.63, 3.8) is 0 Å². The van der Waals surface area contributed by atoms with Crippen LogP contribution >= 0.6 is 0 Å². The summed E-state index contributed by atoms with van der Waals surface area (Å²) in [7, 11) is 3.76. The van der Waals surface area contributed by atoms with E-state index in [1.165, 1.54) is 6.92 Å². The minimum absolute atomic E-state index is 0.0435. The van der Waals surface area contributed by atoms with Gasteiger partial charge >= 0.3 is 12.4 Å². The average molecular weight is 518 g/mol. The Balaban J connectivity index is 1.62. The van der Waals surface area contributed by atoms with Crippen LogP contribution in [0.4, 0.5) is 38.1 Å². The van der Waals surface area contributed by atoms with Crippen LogP contribution in [0, 0.1) is 12.8 Å². The van der Waals surface area contributed by atoms with Crippen molar-refractivity contribution in [1.29, 1.82) is 0 Å². The largest absolute Gasteiger partial charge is 0.416 e. The summed E-state index contributed by atoms with van der Waals surface area (Å²) in [6, 6.07) is 0.380. The number of nitrogens with one attached hydrogen (secondary N) is 2. The molecule has 1 aliphatic carbocycles. The van der Waals surface area contributed by atoms with Crippen LogP contribution in [0.2, 0.25) is 0 Å². The lowest BCUT2D eigenvalue weighted by molar-refractivity contribution is -0.143. The Bertz CT molecular complexity index is 1050. The van der Waals surface area contributed by atoms with Crippen molar-refractivity contribution in [3.05, 3.63) is 46.6 Å². The maximum Gasteiger partial charge on any atom is 0.416 e. The molecule has 0 saturated heterocycles. The Morgan fingerprint density at radius 2 is 1.56 bits per heavy atom. The zero-order chi connectivity index (χ0) is 26.8. The summed E-state index contributed by atoms with van der Waals surface area (Å²) in [5, 5.41) is 5.87. The van der Waals surface area contributed by atoms with Crippen molar-refractivity contribution < 1.29 is 31.1 Å². The topological polar surface area (TPSA) is 70.1 Å². The van der Waals surface area contributed by atoms with Crippen molar-refractivity contribution in [2.75, 3.05) is 24.3 Å². The SMILES string of the molecule is Cc1cnc(NC2CCC(C(=O)N[C@@H](C)c3cc(C(F)(F)F)cc(C(F)(F)F)c3)CC2)nc1N(C)C. The van der Waals surface area contributed by atoms with Crippen LogP contribution in [-0.2, 0) is 17.1 Å². The third-order valence-electron chi connectivity index (χ3n) is 6.27. The molecule has 0 aliphatic heterocycles. The second-order valence-electron chi connectivity index (χ2n) is 9.36. The van der Waals surface area contributed by atoms with Gasteiger partial charge in [-0.05, 0) is 63.3 Å². The Labute approximate surface area is 205 Å². The number of anilines is 2. The van der Waals surface area contributed by atoms with Crippen LogP contribution in [0.5, 0.6) is 0 Å². The summed E-state index contributed by atoms with van der Waals surface area (Å²) in [6.45, 7) is 3.28. The molecule has 2 aromatic rings. The highest BCUT2D eigenvalue weighted by Crippen LogP contribution is 2.37. The van der Waals surface area contributed by atoms with E-state index in [0.717, 1.165) is 11.4 Å². The van der Waals surface area contributed by atoms with Crippen molar-refractivity contribution in [3.8, 4) is 0 Å². The van der Waals surface area contributed by atoms with Gasteiger partial charge in [0.15, 0.2) is 0 Å². The van der Waals surface area contributed by atoms with Gasteiger partial charge in [0.2, 0.25) is 11.9 Å². The fourth-order valence-corrected chi connectivity index (χ4v) is 4.28. The highest BCUT2D eigenvalue weighted by Gasteiger charge is 2.37. The molecule has 3 rings (SSSR count). The molecule has 1 amide bonds. The standard InChI is InChI=1S/C24H29F6N5O/c1-13-12-31-22(34-20(13)35(3)4)33-19-7-5-15(6-8-19)21(36)32-14(2)16-9-17(23(25,26)27)11-18(10-16)24(28,29)30/h9-12,14-15,19H,5-8H2,1-4H3,(H,32,36)(H,31,33,34)/t14-,15?,19?/m0/s1. The van der Waals surface area contributed by atoms with E-state index >= 15 is 0 Å². The van der Waals surface area contributed by atoms with Crippen LogP contribution in [-0.4, -0.2) is 36.0 Å². The van der Waals surface area contributed by atoms with Gasteiger partial charge in [0.05, 0.1) is 17.2 Å². The number of aromatic nitrogens is 2.